The van der Waals surface area contributed by atoms with Crippen LogP contribution in [0.3, 0.4) is 0 Å². The lowest BCUT2D eigenvalue weighted by Gasteiger charge is -2.21. The minimum absolute atomic E-state index is 0.0439. The maximum atomic E-state index is 12.9. The van der Waals surface area contributed by atoms with E-state index >= 15 is 0 Å². The van der Waals surface area contributed by atoms with Crippen LogP contribution in [0, 0.1) is 0 Å². The molecule has 0 aliphatic carbocycles. The summed E-state index contributed by atoms with van der Waals surface area (Å²) in [5.74, 6) is -0.856. The Hall–Kier alpha value is -2.50. The maximum Gasteiger partial charge on any atom is 0.490 e. The van der Waals surface area contributed by atoms with Gasteiger partial charge in [-0.3, -0.25) is 9.09 Å². The van der Waals surface area contributed by atoms with Crippen LogP contribution in [0.1, 0.15) is 23.0 Å². The summed E-state index contributed by atoms with van der Waals surface area (Å²) in [5.41, 5.74) is 12.1. The lowest BCUT2D eigenvalue weighted by molar-refractivity contribution is -0.0489. The third-order valence-corrected chi connectivity index (χ3v) is 9.23. The second kappa shape index (κ2) is 11.4. The normalized spacial score (nSPS) is 22.6. The monoisotopic (exact) mass is 644 g/mol. The molecule has 3 aromatic rings. The third kappa shape index (κ3) is 7.41. The highest BCUT2D eigenvalue weighted by Gasteiger charge is 2.44. The van der Waals surface area contributed by atoms with Gasteiger partial charge in [0.25, 0.3) is 0 Å². The van der Waals surface area contributed by atoms with E-state index < -0.39 is 54.5 Å². The summed E-state index contributed by atoms with van der Waals surface area (Å²) >= 11 is 5.94. The van der Waals surface area contributed by atoms with Gasteiger partial charge in [-0.1, -0.05) is 11.6 Å². The van der Waals surface area contributed by atoms with E-state index in [4.69, 9.17) is 42.3 Å². The van der Waals surface area contributed by atoms with Gasteiger partial charge in [0.2, 0.25) is 0 Å². The molecule has 40 heavy (non-hydrogen) atoms. The number of imidazole rings is 1. The molecule has 19 nitrogen and oxygen atoms in total. The van der Waals surface area contributed by atoms with Crippen molar-refractivity contribution in [3.05, 3.63) is 41.4 Å². The van der Waals surface area contributed by atoms with Crippen LogP contribution in [0.2, 0.25) is 5.02 Å². The van der Waals surface area contributed by atoms with Crippen LogP contribution in [0.15, 0.2) is 30.9 Å². The second-order valence-corrected chi connectivity index (χ2v) is 12.9. The first-order valence-corrected chi connectivity index (χ1v) is 15.6. The average molecular weight is 645 g/mol. The van der Waals surface area contributed by atoms with Gasteiger partial charge in [-0.2, -0.15) is 8.62 Å². The fraction of sp³-hybridized carbons (Fsp3) is 0.294. The summed E-state index contributed by atoms with van der Waals surface area (Å²) in [7, 11) is -16.9. The van der Waals surface area contributed by atoms with Crippen molar-refractivity contribution >= 4 is 63.7 Å². The number of hydrogen-bond donors (Lipinski definition) is 6. The summed E-state index contributed by atoms with van der Waals surface area (Å²) in [5, 5.41) is 0.188. The average Bonchev–Trinajstić information content (AvgIpc) is 3.41. The Balaban J connectivity index is 1.56. The number of nitrogens with two attached hydrogens (primary N) is 2. The van der Waals surface area contributed by atoms with Gasteiger partial charge in [-0.05, 0) is 18.2 Å². The summed E-state index contributed by atoms with van der Waals surface area (Å²) in [4.78, 5) is 61.5. The van der Waals surface area contributed by atoms with Crippen LogP contribution in [0.5, 0.6) is 0 Å². The first-order chi connectivity index (χ1) is 18.5. The molecule has 5 unspecified atom stereocenters. The van der Waals surface area contributed by atoms with Gasteiger partial charge < -0.3 is 40.5 Å². The molecule has 0 bridgehead atoms. The molecule has 1 aliphatic rings. The Labute approximate surface area is 228 Å². The van der Waals surface area contributed by atoms with Crippen LogP contribution < -0.4 is 11.5 Å². The predicted molar refractivity (Wildman–Crippen MR) is 133 cm³/mol. The zero-order chi connectivity index (χ0) is 29.5. The van der Waals surface area contributed by atoms with E-state index in [0.29, 0.717) is 0 Å². The zero-order valence-corrected chi connectivity index (χ0v) is 23.1. The van der Waals surface area contributed by atoms with E-state index in [1.807, 2.05) is 0 Å². The molecule has 1 saturated heterocycles. The lowest BCUT2D eigenvalue weighted by Crippen LogP contribution is -2.31. The fourth-order valence-corrected chi connectivity index (χ4v) is 6.81. The van der Waals surface area contributed by atoms with Crippen LogP contribution >= 0.6 is 35.1 Å². The minimum atomic E-state index is -5.76. The smallest absolute Gasteiger partial charge is 0.456 e. The van der Waals surface area contributed by atoms with Gasteiger partial charge in [-0.15, -0.1) is 0 Å². The number of fused-ring (bicyclic) bond motifs is 1. The van der Waals surface area contributed by atoms with E-state index in [-0.39, 0.29) is 39.7 Å². The number of esters is 1. The van der Waals surface area contributed by atoms with E-state index in [1.165, 1.54) is 35.4 Å². The van der Waals surface area contributed by atoms with Crippen molar-refractivity contribution in [2.75, 3.05) is 18.1 Å². The Morgan fingerprint density at radius 3 is 2.52 bits per heavy atom. The molecule has 5 atom stereocenters. The first kappa shape index (κ1) is 30.5. The zero-order valence-electron chi connectivity index (χ0n) is 19.7. The predicted octanol–water partition coefficient (Wildman–Crippen LogP) is 1.50. The van der Waals surface area contributed by atoms with Crippen molar-refractivity contribution in [2.45, 2.75) is 24.9 Å². The van der Waals surface area contributed by atoms with E-state index in [2.05, 4.69) is 28.1 Å². The van der Waals surface area contributed by atoms with E-state index in [1.54, 1.807) is 0 Å². The Kier molecular flexibility index (Phi) is 8.69. The van der Waals surface area contributed by atoms with Crippen LogP contribution in [0.25, 0.3) is 11.2 Å². The molecule has 0 radical (unpaired) electrons. The molecule has 23 heteroatoms. The number of phosphoric acid groups is 3. The molecule has 8 N–H and O–H groups in total. The summed E-state index contributed by atoms with van der Waals surface area (Å²) in [6.45, 7) is -0.896. The van der Waals surface area contributed by atoms with Gasteiger partial charge in [0.1, 0.15) is 30.3 Å². The number of ether oxygens (including phenoxy) is 2. The molecule has 1 aliphatic heterocycles. The quantitative estimate of drug-likeness (QED) is 0.103. The largest absolute Gasteiger partial charge is 0.490 e. The molecule has 3 heterocycles. The number of carbonyl (C=O) groups excluding carboxylic acids is 1. The molecular weight excluding hydrogens is 625 g/mol. The molecule has 0 saturated carbocycles. The highest BCUT2D eigenvalue weighted by molar-refractivity contribution is 7.66. The van der Waals surface area contributed by atoms with Crippen molar-refractivity contribution < 1.29 is 60.7 Å². The molecule has 1 fully saturated rings. The van der Waals surface area contributed by atoms with Crippen molar-refractivity contribution in [3.8, 4) is 0 Å². The van der Waals surface area contributed by atoms with Crippen LogP contribution in [0.4, 0.5) is 11.5 Å². The maximum absolute atomic E-state index is 12.9. The number of halogens is 1. The topological polar surface area (TPSA) is 291 Å². The van der Waals surface area contributed by atoms with Gasteiger partial charge in [0.15, 0.2) is 11.5 Å². The number of nitrogen functional groups attached to an aromatic ring is 2. The molecule has 0 spiro atoms. The highest BCUT2D eigenvalue weighted by Crippen LogP contribution is 2.66. The molecule has 2 aromatic heterocycles. The number of hydrogen-bond acceptors (Lipinski definition) is 14. The molecule has 0 amide bonds. The van der Waals surface area contributed by atoms with Crippen molar-refractivity contribution in [2.24, 2.45) is 0 Å². The number of carbonyl (C=O) groups is 1. The van der Waals surface area contributed by atoms with Gasteiger partial charge in [0, 0.05) is 17.1 Å². The fourth-order valence-electron chi connectivity index (χ4n) is 3.60. The summed E-state index contributed by atoms with van der Waals surface area (Å²) in [6.07, 6.45) is -1.07. The number of anilines is 2. The Morgan fingerprint density at radius 1 is 1.10 bits per heavy atom. The lowest BCUT2D eigenvalue weighted by atomic mass is 10.1. The Bertz CT molecular complexity index is 1580. The highest BCUT2D eigenvalue weighted by atomic mass is 35.5. The molecule has 218 valence electrons. The molecule has 1 aromatic carbocycles. The number of phosphoric ester groups is 1. The van der Waals surface area contributed by atoms with Gasteiger partial charge in [0.05, 0.1) is 18.5 Å². The SMILES string of the molecule is Nc1ccc(Cl)cc1C(=O)OC1CC(n2cnc3c(N)ncnc32)OC1COP(=O)(O)OP(=O)(O)OP(=O)(O)O. The van der Waals surface area contributed by atoms with Crippen LogP contribution in [-0.4, -0.2) is 63.9 Å². The Morgan fingerprint density at radius 2 is 1.82 bits per heavy atom. The molecular formula is C17H20ClN6O13P3. The molecule has 4 rings (SSSR count). The van der Waals surface area contributed by atoms with E-state index in [9.17, 15) is 28.3 Å². The van der Waals surface area contributed by atoms with Crippen molar-refractivity contribution in [1.82, 2.24) is 19.5 Å². The van der Waals surface area contributed by atoms with E-state index in [0.717, 1.165) is 0 Å². The van der Waals surface area contributed by atoms with Gasteiger partial charge >= 0.3 is 29.4 Å². The summed E-state index contributed by atoms with van der Waals surface area (Å²) in [6, 6.07) is 4.09. The van der Waals surface area contributed by atoms with Crippen molar-refractivity contribution in [1.29, 1.82) is 0 Å². The number of aromatic nitrogens is 4. The van der Waals surface area contributed by atoms with Gasteiger partial charge in [-0.25, -0.2) is 33.4 Å². The minimum Gasteiger partial charge on any atom is -0.456 e. The number of nitrogens with zero attached hydrogens (tertiary/aromatic N) is 4. The van der Waals surface area contributed by atoms with Crippen LogP contribution in [-0.2, 0) is 36.3 Å². The number of benzene rings is 1. The standard InChI is InChI=1S/C17H20ClN6O13P3/c18-8-1-2-10(19)9(3-8)17(25)35-11-4-13(24-7-23-14-15(20)21-6-22-16(14)24)34-12(11)5-33-39(29,30)37-40(31,32)36-38(26,27)28/h1-3,6-7,11-13H,4-5,19H2,(H,29,30)(H,31,32)(H2,20,21,22)(H2,26,27,28). The third-order valence-electron chi connectivity index (χ3n) is 5.19. The first-order valence-electron chi connectivity index (χ1n) is 10.7. The van der Waals surface area contributed by atoms with Crippen molar-refractivity contribution in [3.63, 3.8) is 0 Å². The number of rotatable bonds is 10. The summed E-state index contributed by atoms with van der Waals surface area (Å²) < 4.78 is 59.6. The second-order valence-electron chi connectivity index (χ2n) is 8.01.